The highest BCUT2D eigenvalue weighted by atomic mass is 15.2. The lowest BCUT2D eigenvalue weighted by Gasteiger charge is -2.44. The van der Waals surface area contributed by atoms with E-state index >= 15 is 0 Å². The molecule has 0 unspecified atom stereocenters. The van der Waals surface area contributed by atoms with Crippen LogP contribution in [0.4, 0.5) is 0 Å². The van der Waals surface area contributed by atoms with Gasteiger partial charge in [0.15, 0.2) is 0 Å². The van der Waals surface area contributed by atoms with Crippen molar-refractivity contribution in [2.24, 2.45) is 5.92 Å². The van der Waals surface area contributed by atoms with E-state index in [0.29, 0.717) is 6.04 Å². The van der Waals surface area contributed by atoms with Gasteiger partial charge in [0.2, 0.25) is 0 Å². The van der Waals surface area contributed by atoms with Gasteiger partial charge in [0.25, 0.3) is 0 Å². The molecule has 2 aliphatic rings. The fourth-order valence-corrected chi connectivity index (χ4v) is 5.52. The number of likely N-dealkylation sites (tertiary alicyclic amines) is 1. The highest BCUT2D eigenvalue weighted by Crippen LogP contribution is 2.43. The van der Waals surface area contributed by atoms with Crippen LogP contribution < -0.4 is 0 Å². The minimum atomic E-state index is 0.443. The van der Waals surface area contributed by atoms with Crippen LogP contribution in [0.1, 0.15) is 48.8 Å². The second-order valence-corrected chi connectivity index (χ2v) is 9.23. The fourth-order valence-electron chi connectivity index (χ4n) is 5.52. The number of pyridine rings is 1. The van der Waals surface area contributed by atoms with E-state index in [-0.39, 0.29) is 0 Å². The van der Waals surface area contributed by atoms with E-state index in [1.807, 2.05) is 6.20 Å². The van der Waals surface area contributed by atoms with Crippen molar-refractivity contribution < 1.29 is 0 Å². The molecule has 1 aliphatic carbocycles. The monoisotopic (exact) mass is 403 g/mol. The topological polar surface area (TPSA) is 37.2 Å². The van der Waals surface area contributed by atoms with Crippen LogP contribution >= 0.6 is 0 Å². The zero-order valence-electron chi connectivity index (χ0n) is 18.3. The van der Waals surface area contributed by atoms with Crippen LogP contribution in [-0.2, 0) is 19.5 Å². The summed E-state index contributed by atoms with van der Waals surface area (Å²) >= 11 is 0. The SMILES string of the molecule is CN(C)CCCn1c(CN2CCC[C@H]3CCc4cccnc4[C@@H]32)nc2ccccc21. The summed E-state index contributed by atoms with van der Waals surface area (Å²) in [5, 5.41) is 0. The molecule has 0 spiro atoms. The van der Waals surface area contributed by atoms with Crippen LogP contribution in [0.3, 0.4) is 0 Å². The van der Waals surface area contributed by atoms with Gasteiger partial charge in [-0.3, -0.25) is 9.88 Å². The number of hydrogen-bond acceptors (Lipinski definition) is 4. The standard InChI is InChI=1S/C25H33N5/c1-28(2)15-7-17-30-22-11-4-3-10-21(22)27-23(30)18-29-16-6-9-20-13-12-19-8-5-14-26-24(19)25(20)29/h3-5,8,10-11,14,20,25H,6-7,9,12-13,15-18H2,1-2H3/t20-,25+/m0/s1. The molecule has 5 rings (SSSR count). The molecular weight excluding hydrogens is 370 g/mol. The molecule has 1 aromatic carbocycles. The average molecular weight is 404 g/mol. The number of benzene rings is 1. The molecule has 2 atom stereocenters. The third kappa shape index (κ3) is 3.77. The van der Waals surface area contributed by atoms with Gasteiger partial charge in [-0.25, -0.2) is 4.98 Å². The number of aromatic nitrogens is 3. The van der Waals surface area contributed by atoms with Crippen LogP contribution in [0.2, 0.25) is 0 Å². The number of rotatable bonds is 6. The lowest BCUT2D eigenvalue weighted by Crippen LogP contribution is -2.41. The number of hydrogen-bond donors (Lipinski definition) is 0. The Morgan fingerprint density at radius 3 is 2.90 bits per heavy atom. The molecule has 158 valence electrons. The Morgan fingerprint density at radius 1 is 1.10 bits per heavy atom. The van der Waals surface area contributed by atoms with Gasteiger partial charge in [-0.1, -0.05) is 18.2 Å². The molecule has 3 heterocycles. The molecule has 5 nitrogen and oxygen atoms in total. The Morgan fingerprint density at radius 2 is 2.00 bits per heavy atom. The molecule has 30 heavy (non-hydrogen) atoms. The van der Waals surface area contributed by atoms with Crippen molar-refractivity contribution in [1.82, 2.24) is 24.3 Å². The van der Waals surface area contributed by atoms with Crippen LogP contribution in [-0.4, -0.2) is 51.5 Å². The summed E-state index contributed by atoms with van der Waals surface area (Å²) in [7, 11) is 4.29. The van der Waals surface area contributed by atoms with Gasteiger partial charge in [0.05, 0.1) is 29.3 Å². The summed E-state index contributed by atoms with van der Waals surface area (Å²) in [6.07, 6.45) is 8.20. The molecule has 0 bridgehead atoms. The average Bonchev–Trinajstić information content (AvgIpc) is 3.10. The van der Waals surface area contributed by atoms with Crippen molar-refractivity contribution in [3.05, 3.63) is 59.7 Å². The van der Waals surface area contributed by atoms with Gasteiger partial charge in [-0.05, 0) is 89.0 Å². The van der Waals surface area contributed by atoms with E-state index in [2.05, 4.69) is 64.9 Å². The summed E-state index contributed by atoms with van der Waals surface area (Å²) in [5.74, 6) is 1.94. The van der Waals surface area contributed by atoms with Crippen molar-refractivity contribution >= 4 is 11.0 Å². The number of fused-ring (bicyclic) bond motifs is 4. The number of aryl methyl sites for hydroxylation is 2. The highest BCUT2D eigenvalue weighted by molar-refractivity contribution is 5.75. The maximum absolute atomic E-state index is 5.09. The van der Waals surface area contributed by atoms with E-state index in [9.17, 15) is 0 Å². The molecule has 0 amide bonds. The maximum atomic E-state index is 5.09. The predicted octanol–water partition coefficient (Wildman–Crippen LogP) is 4.28. The minimum absolute atomic E-state index is 0.443. The van der Waals surface area contributed by atoms with E-state index in [0.717, 1.165) is 44.0 Å². The van der Waals surface area contributed by atoms with Crippen LogP contribution in [0.5, 0.6) is 0 Å². The number of nitrogens with zero attached hydrogens (tertiary/aromatic N) is 5. The van der Waals surface area contributed by atoms with Gasteiger partial charge in [0.1, 0.15) is 5.82 Å². The van der Waals surface area contributed by atoms with Gasteiger partial charge in [-0.2, -0.15) is 0 Å². The van der Waals surface area contributed by atoms with Crippen LogP contribution in [0, 0.1) is 5.92 Å². The van der Waals surface area contributed by atoms with Crippen molar-refractivity contribution in [1.29, 1.82) is 0 Å². The minimum Gasteiger partial charge on any atom is -0.327 e. The normalized spacial score (nSPS) is 21.7. The molecule has 0 saturated carbocycles. The molecule has 1 aliphatic heterocycles. The van der Waals surface area contributed by atoms with E-state index < -0.39 is 0 Å². The molecule has 3 aromatic rings. The number of para-hydroxylation sites is 2. The van der Waals surface area contributed by atoms with Gasteiger partial charge >= 0.3 is 0 Å². The molecule has 0 radical (unpaired) electrons. The third-order valence-corrected chi connectivity index (χ3v) is 6.92. The quantitative estimate of drug-likeness (QED) is 0.616. The van der Waals surface area contributed by atoms with Crippen LogP contribution in [0.15, 0.2) is 42.6 Å². The maximum Gasteiger partial charge on any atom is 0.124 e. The first kappa shape index (κ1) is 19.7. The summed E-state index contributed by atoms with van der Waals surface area (Å²) in [5.41, 5.74) is 5.16. The van der Waals surface area contributed by atoms with E-state index in [1.165, 1.54) is 48.3 Å². The smallest absolute Gasteiger partial charge is 0.124 e. The number of piperidine rings is 1. The molecule has 1 saturated heterocycles. The first-order valence-corrected chi connectivity index (χ1v) is 11.5. The lowest BCUT2D eigenvalue weighted by molar-refractivity contribution is 0.0664. The Kier molecular flexibility index (Phi) is 5.57. The third-order valence-electron chi connectivity index (χ3n) is 6.92. The van der Waals surface area contributed by atoms with Crippen molar-refractivity contribution in [2.45, 2.75) is 51.2 Å². The zero-order chi connectivity index (χ0) is 20.5. The molecule has 2 aromatic heterocycles. The Hall–Kier alpha value is -2.24. The Bertz CT molecular complexity index is 1010. The van der Waals surface area contributed by atoms with Crippen molar-refractivity contribution in [3.8, 4) is 0 Å². The molecule has 5 heteroatoms. The van der Waals surface area contributed by atoms with E-state index in [1.54, 1.807) is 0 Å². The lowest BCUT2D eigenvalue weighted by atomic mass is 9.77. The first-order chi connectivity index (χ1) is 14.7. The number of imidazole rings is 1. The predicted molar refractivity (Wildman–Crippen MR) is 121 cm³/mol. The second-order valence-electron chi connectivity index (χ2n) is 9.23. The summed E-state index contributed by atoms with van der Waals surface area (Å²) in [4.78, 5) is 14.9. The fraction of sp³-hybridized carbons (Fsp3) is 0.520. The zero-order valence-corrected chi connectivity index (χ0v) is 18.3. The Balaban J connectivity index is 1.46. The first-order valence-electron chi connectivity index (χ1n) is 11.5. The van der Waals surface area contributed by atoms with Gasteiger partial charge in [-0.15, -0.1) is 0 Å². The van der Waals surface area contributed by atoms with Crippen molar-refractivity contribution in [3.63, 3.8) is 0 Å². The second kappa shape index (κ2) is 8.48. The summed E-state index contributed by atoms with van der Waals surface area (Å²) in [6.45, 7) is 4.16. The van der Waals surface area contributed by atoms with Crippen LogP contribution in [0.25, 0.3) is 11.0 Å². The summed E-state index contributed by atoms with van der Waals surface area (Å²) in [6, 6.07) is 13.4. The van der Waals surface area contributed by atoms with Gasteiger partial charge in [0, 0.05) is 12.7 Å². The van der Waals surface area contributed by atoms with E-state index in [4.69, 9.17) is 9.97 Å². The van der Waals surface area contributed by atoms with Gasteiger partial charge < -0.3 is 9.47 Å². The van der Waals surface area contributed by atoms with Crippen molar-refractivity contribution in [2.75, 3.05) is 27.2 Å². The molecule has 0 N–H and O–H groups in total. The largest absolute Gasteiger partial charge is 0.327 e. The summed E-state index contributed by atoms with van der Waals surface area (Å²) < 4.78 is 2.46. The highest BCUT2D eigenvalue weighted by Gasteiger charge is 2.38. The molecular formula is C25H33N5. The molecule has 1 fully saturated rings. The Labute approximate surface area is 179 Å².